The highest BCUT2D eigenvalue weighted by atomic mass is 19.2. The number of benzene rings is 2. The van der Waals surface area contributed by atoms with E-state index in [0.717, 1.165) is 24.3 Å². The van der Waals surface area contributed by atoms with Crippen molar-refractivity contribution in [2.45, 2.75) is 25.2 Å². The van der Waals surface area contributed by atoms with Gasteiger partial charge in [0.1, 0.15) is 6.17 Å². The van der Waals surface area contributed by atoms with Gasteiger partial charge in [0.05, 0.1) is 23.6 Å². The number of fused-ring (bicyclic) bond motifs is 1. The third kappa shape index (κ3) is 3.30. The number of hydrogen-bond acceptors (Lipinski definition) is 3. The van der Waals surface area contributed by atoms with Gasteiger partial charge in [-0.05, 0) is 24.1 Å². The lowest BCUT2D eigenvalue weighted by Gasteiger charge is -2.34. The van der Waals surface area contributed by atoms with Gasteiger partial charge in [-0.2, -0.15) is 0 Å². The number of hydrogen-bond donors (Lipinski definition) is 1. The minimum absolute atomic E-state index is 0.0406. The molecule has 0 unspecified atom stereocenters. The molecule has 1 aliphatic heterocycles. The van der Waals surface area contributed by atoms with Gasteiger partial charge in [-0.1, -0.05) is 6.07 Å². The van der Waals surface area contributed by atoms with Crippen LogP contribution in [-0.4, -0.2) is 34.9 Å². The van der Waals surface area contributed by atoms with E-state index >= 15 is 0 Å². The highest BCUT2D eigenvalue weighted by molar-refractivity contribution is 5.79. The summed E-state index contributed by atoms with van der Waals surface area (Å²) in [5.41, 5.74) is 6.72. The Bertz CT molecular complexity index is 1030. The molecular weight excluding hydrogens is 379 g/mol. The second kappa shape index (κ2) is 7.05. The molecule has 4 rings (SSSR count). The molecule has 2 N–H and O–H groups in total. The highest BCUT2D eigenvalue weighted by Gasteiger charge is 2.29. The Kier molecular flexibility index (Phi) is 4.70. The van der Waals surface area contributed by atoms with Gasteiger partial charge in [-0.15, -0.1) is 0 Å². The Morgan fingerprint density at radius 1 is 1.00 bits per heavy atom. The number of piperidine rings is 1. The second-order valence-electron chi connectivity index (χ2n) is 6.92. The molecule has 148 valence electrons. The third-order valence-corrected chi connectivity index (χ3v) is 4.95. The average molecular weight is 396 g/mol. The molecular formula is C19H17F5N4. The Hall–Kier alpha value is -2.68. The van der Waals surface area contributed by atoms with E-state index < -0.39 is 35.5 Å². The quantitative estimate of drug-likeness (QED) is 0.690. The summed E-state index contributed by atoms with van der Waals surface area (Å²) in [6, 6.07) is 4.67. The number of halogens is 5. The number of rotatable bonds is 3. The van der Waals surface area contributed by atoms with Crippen LogP contribution in [0.2, 0.25) is 0 Å². The minimum atomic E-state index is -1.14. The monoisotopic (exact) mass is 396 g/mol. The van der Waals surface area contributed by atoms with Crippen molar-refractivity contribution in [1.82, 2.24) is 9.55 Å². The number of anilines is 1. The van der Waals surface area contributed by atoms with E-state index in [1.165, 1.54) is 6.07 Å². The molecule has 2 heterocycles. The van der Waals surface area contributed by atoms with Crippen LogP contribution in [0.15, 0.2) is 30.3 Å². The van der Waals surface area contributed by atoms with Crippen molar-refractivity contribution >= 4 is 17.0 Å². The highest BCUT2D eigenvalue weighted by Crippen LogP contribution is 2.28. The van der Waals surface area contributed by atoms with Crippen LogP contribution in [0.5, 0.6) is 0 Å². The van der Waals surface area contributed by atoms with Crippen molar-refractivity contribution in [3.63, 3.8) is 0 Å². The topological polar surface area (TPSA) is 47.1 Å². The van der Waals surface area contributed by atoms with Crippen LogP contribution < -0.4 is 10.6 Å². The lowest BCUT2D eigenvalue weighted by molar-refractivity contribution is 0.243. The molecule has 0 bridgehead atoms. The van der Waals surface area contributed by atoms with Gasteiger partial charge in [-0.3, -0.25) is 0 Å². The summed E-state index contributed by atoms with van der Waals surface area (Å²) < 4.78 is 69.7. The van der Waals surface area contributed by atoms with E-state index in [4.69, 9.17) is 5.73 Å². The Morgan fingerprint density at radius 3 is 2.43 bits per heavy atom. The maximum absolute atomic E-state index is 13.8. The van der Waals surface area contributed by atoms with Crippen LogP contribution in [0.4, 0.5) is 27.9 Å². The largest absolute Gasteiger partial charge is 0.340 e. The van der Waals surface area contributed by atoms with E-state index in [9.17, 15) is 22.0 Å². The van der Waals surface area contributed by atoms with Crippen molar-refractivity contribution in [3.8, 4) is 0 Å². The number of imidazole rings is 1. The molecule has 0 saturated carbocycles. The van der Waals surface area contributed by atoms with Gasteiger partial charge in [0.25, 0.3) is 0 Å². The fraction of sp³-hybridized carbons (Fsp3) is 0.316. The number of nitrogens with two attached hydrogens (primary N) is 1. The molecule has 1 fully saturated rings. The second-order valence-corrected chi connectivity index (χ2v) is 6.92. The molecule has 1 aromatic heterocycles. The van der Waals surface area contributed by atoms with E-state index in [-0.39, 0.29) is 30.5 Å². The molecule has 2 aromatic carbocycles. The lowest BCUT2D eigenvalue weighted by atomic mass is 10.1. The predicted molar refractivity (Wildman–Crippen MR) is 94.8 cm³/mol. The molecule has 1 saturated heterocycles. The molecule has 1 aliphatic rings. The summed E-state index contributed by atoms with van der Waals surface area (Å²) in [5, 5.41) is 0. The van der Waals surface area contributed by atoms with Crippen LogP contribution in [-0.2, 0) is 6.54 Å². The first-order chi connectivity index (χ1) is 13.3. The molecule has 4 nitrogen and oxygen atoms in total. The molecule has 0 aliphatic carbocycles. The van der Waals surface area contributed by atoms with Crippen molar-refractivity contribution in [1.29, 1.82) is 0 Å². The SMILES string of the molecule is N[C@@H]1CN(c2nc3cc(F)c(F)cc3n2Cc2ccc(F)c(F)c2)CC[C@H]1F. The Morgan fingerprint density at radius 2 is 1.71 bits per heavy atom. The molecule has 28 heavy (non-hydrogen) atoms. The maximum atomic E-state index is 13.8. The fourth-order valence-corrected chi connectivity index (χ4v) is 3.46. The summed E-state index contributed by atoms with van der Waals surface area (Å²) in [4.78, 5) is 6.10. The third-order valence-electron chi connectivity index (χ3n) is 4.95. The summed E-state index contributed by atoms with van der Waals surface area (Å²) in [6.45, 7) is 0.535. The number of nitrogens with zero attached hydrogens (tertiary/aromatic N) is 3. The zero-order chi connectivity index (χ0) is 20.0. The lowest BCUT2D eigenvalue weighted by Crippen LogP contribution is -2.50. The molecule has 2 atom stereocenters. The Labute approximate surface area is 157 Å². The molecule has 3 aromatic rings. The number of alkyl halides is 1. The van der Waals surface area contributed by atoms with Gasteiger partial charge in [0, 0.05) is 25.2 Å². The van der Waals surface area contributed by atoms with Crippen LogP contribution >= 0.6 is 0 Å². The predicted octanol–water partition coefficient (Wildman–Crippen LogP) is 3.52. The summed E-state index contributed by atoms with van der Waals surface area (Å²) in [6.07, 6.45) is -0.951. The van der Waals surface area contributed by atoms with Gasteiger partial charge < -0.3 is 15.2 Å². The van der Waals surface area contributed by atoms with E-state index in [1.807, 2.05) is 0 Å². The van der Waals surface area contributed by atoms with Crippen LogP contribution in [0.3, 0.4) is 0 Å². The van der Waals surface area contributed by atoms with Gasteiger partial charge in [-0.25, -0.2) is 26.9 Å². The van der Waals surface area contributed by atoms with E-state index in [2.05, 4.69) is 4.98 Å². The molecule has 0 amide bonds. The molecule has 0 radical (unpaired) electrons. The van der Waals surface area contributed by atoms with Gasteiger partial charge in [0.15, 0.2) is 23.3 Å². The van der Waals surface area contributed by atoms with Gasteiger partial charge >= 0.3 is 0 Å². The van der Waals surface area contributed by atoms with Crippen LogP contribution in [0, 0.1) is 23.3 Å². The van der Waals surface area contributed by atoms with Crippen molar-refractivity contribution < 1.29 is 22.0 Å². The average Bonchev–Trinajstić information content (AvgIpc) is 2.98. The molecule has 0 spiro atoms. The standard InChI is InChI=1S/C19H17F5N4/c20-11-2-1-10(5-13(11)22)8-28-18-7-15(24)14(23)6-17(18)26-19(28)27-4-3-12(21)16(25)9-27/h1-2,5-7,12,16H,3-4,8-9,25H2/t12-,16-/m1/s1. The maximum Gasteiger partial charge on any atom is 0.206 e. The van der Waals surface area contributed by atoms with Crippen molar-refractivity contribution in [3.05, 3.63) is 59.2 Å². The summed E-state index contributed by atoms with van der Waals surface area (Å²) in [5.74, 6) is -3.75. The van der Waals surface area contributed by atoms with Crippen LogP contribution in [0.25, 0.3) is 11.0 Å². The first-order valence-corrected chi connectivity index (χ1v) is 8.77. The number of aromatic nitrogens is 2. The molecule has 9 heteroatoms. The van der Waals surface area contributed by atoms with E-state index in [0.29, 0.717) is 18.1 Å². The van der Waals surface area contributed by atoms with Crippen LogP contribution in [0.1, 0.15) is 12.0 Å². The Balaban J connectivity index is 1.81. The zero-order valence-electron chi connectivity index (χ0n) is 14.7. The van der Waals surface area contributed by atoms with Gasteiger partial charge in [0.2, 0.25) is 5.95 Å². The van der Waals surface area contributed by atoms with Crippen molar-refractivity contribution in [2.24, 2.45) is 5.73 Å². The zero-order valence-corrected chi connectivity index (χ0v) is 14.7. The first kappa shape index (κ1) is 18.7. The summed E-state index contributed by atoms with van der Waals surface area (Å²) in [7, 11) is 0. The summed E-state index contributed by atoms with van der Waals surface area (Å²) >= 11 is 0. The normalized spacial score (nSPS) is 20.1. The van der Waals surface area contributed by atoms with Crippen molar-refractivity contribution in [2.75, 3.05) is 18.0 Å². The first-order valence-electron chi connectivity index (χ1n) is 8.77. The fourth-order valence-electron chi connectivity index (χ4n) is 3.46. The minimum Gasteiger partial charge on any atom is -0.340 e. The smallest absolute Gasteiger partial charge is 0.206 e. The van der Waals surface area contributed by atoms with E-state index in [1.54, 1.807) is 9.47 Å².